The maximum absolute atomic E-state index is 12.2. The van der Waals surface area contributed by atoms with Crippen LogP contribution in [0.5, 0.6) is 0 Å². The Morgan fingerprint density at radius 2 is 2.12 bits per heavy atom. The Morgan fingerprint density at radius 1 is 1.32 bits per heavy atom. The van der Waals surface area contributed by atoms with E-state index in [4.69, 9.17) is 0 Å². The molecule has 0 aromatic carbocycles. The first kappa shape index (κ1) is 16.5. The number of aromatic nitrogens is 5. The van der Waals surface area contributed by atoms with Crippen molar-refractivity contribution in [1.29, 1.82) is 0 Å². The fraction of sp³-hybridized carbons (Fsp3) is 0.562. The Hall–Kier alpha value is -2.00. The van der Waals surface area contributed by atoms with E-state index in [9.17, 15) is 8.42 Å². The third-order valence-electron chi connectivity index (χ3n) is 5.13. The standard InChI is InChI=1S/C16H22N6O2S/c1-9(2)25(23,24)21-11-6-10(3)12(7-11)16-20-19-14-8-18-15-13(22(14)16)4-5-17-15/h4-5,8-12,17,21H,6-7H2,1-3H3/t10-,11+,12+/m1/s1. The lowest BCUT2D eigenvalue weighted by Gasteiger charge is -2.15. The minimum Gasteiger partial charge on any atom is -0.345 e. The Labute approximate surface area is 146 Å². The van der Waals surface area contributed by atoms with Crippen molar-refractivity contribution in [3.05, 3.63) is 24.3 Å². The number of nitrogens with one attached hydrogen (secondary N) is 2. The van der Waals surface area contributed by atoms with Gasteiger partial charge < -0.3 is 4.98 Å². The van der Waals surface area contributed by atoms with E-state index in [0.717, 1.165) is 29.8 Å². The van der Waals surface area contributed by atoms with Gasteiger partial charge in [-0.1, -0.05) is 6.92 Å². The van der Waals surface area contributed by atoms with Crippen LogP contribution in [0.4, 0.5) is 0 Å². The Kier molecular flexibility index (Phi) is 3.80. The highest BCUT2D eigenvalue weighted by atomic mass is 32.2. The number of rotatable bonds is 4. The monoisotopic (exact) mass is 362 g/mol. The van der Waals surface area contributed by atoms with E-state index in [1.54, 1.807) is 20.0 Å². The minimum atomic E-state index is -3.27. The largest absolute Gasteiger partial charge is 0.345 e. The van der Waals surface area contributed by atoms with Gasteiger partial charge in [-0.3, -0.25) is 4.40 Å². The molecule has 0 aliphatic heterocycles. The second-order valence-corrected chi connectivity index (χ2v) is 9.45. The van der Waals surface area contributed by atoms with Gasteiger partial charge in [0.25, 0.3) is 0 Å². The molecule has 2 N–H and O–H groups in total. The number of hydrogen-bond donors (Lipinski definition) is 2. The van der Waals surface area contributed by atoms with Crippen LogP contribution in [0.25, 0.3) is 16.8 Å². The van der Waals surface area contributed by atoms with Crippen molar-refractivity contribution >= 4 is 26.8 Å². The molecule has 0 saturated heterocycles. The summed E-state index contributed by atoms with van der Waals surface area (Å²) in [6.45, 7) is 5.53. The maximum atomic E-state index is 12.2. The SMILES string of the molecule is CC(C)S(=O)(=O)N[C@H]1C[C@@H](C)[C@@H](c2nnc3cnc4[nH]ccc4n23)C1. The zero-order valence-electron chi connectivity index (χ0n) is 14.5. The molecule has 134 valence electrons. The van der Waals surface area contributed by atoms with Gasteiger partial charge in [0, 0.05) is 18.2 Å². The second kappa shape index (κ2) is 5.77. The Bertz CT molecular complexity index is 1020. The third kappa shape index (κ3) is 2.71. The smallest absolute Gasteiger partial charge is 0.214 e. The van der Waals surface area contributed by atoms with Gasteiger partial charge in [-0.15, -0.1) is 10.2 Å². The third-order valence-corrected chi connectivity index (χ3v) is 7.03. The van der Waals surface area contributed by atoms with Crippen LogP contribution in [0, 0.1) is 5.92 Å². The lowest BCUT2D eigenvalue weighted by molar-refractivity contribution is 0.505. The van der Waals surface area contributed by atoms with E-state index < -0.39 is 15.3 Å². The van der Waals surface area contributed by atoms with Crippen molar-refractivity contribution in [3.8, 4) is 0 Å². The molecule has 0 spiro atoms. The van der Waals surface area contributed by atoms with Gasteiger partial charge in [0.2, 0.25) is 10.0 Å². The number of H-pyrrole nitrogens is 1. The van der Waals surface area contributed by atoms with E-state index in [-0.39, 0.29) is 12.0 Å². The second-order valence-electron chi connectivity index (χ2n) is 7.19. The number of aromatic amines is 1. The summed E-state index contributed by atoms with van der Waals surface area (Å²) in [4.78, 5) is 7.44. The van der Waals surface area contributed by atoms with Gasteiger partial charge in [-0.2, -0.15) is 0 Å². The van der Waals surface area contributed by atoms with E-state index >= 15 is 0 Å². The van der Waals surface area contributed by atoms with Gasteiger partial charge in [-0.05, 0) is 38.7 Å². The lowest BCUT2D eigenvalue weighted by atomic mass is 9.97. The van der Waals surface area contributed by atoms with Gasteiger partial charge >= 0.3 is 0 Å². The summed E-state index contributed by atoms with van der Waals surface area (Å²) >= 11 is 0. The maximum Gasteiger partial charge on any atom is 0.214 e. The van der Waals surface area contributed by atoms with E-state index in [1.807, 2.05) is 16.7 Å². The van der Waals surface area contributed by atoms with Crippen LogP contribution in [0.3, 0.4) is 0 Å². The molecule has 4 rings (SSSR count). The van der Waals surface area contributed by atoms with E-state index in [2.05, 4.69) is 31.8 Å². The summed E-state index contributed by atoms with van der Waals surface area (Å²) in [5.41, 5.74) is 2.44. The van der Waals surface area contributed by atoms with E-state index in [0.29, 0.717) is 11.6 Å². The van der Waals surface area contributed by atoms with E-state index in [1.165, 1.54) is 0 Å². The molecule has 0 bridgehead atoms. The fourth-order valence-corrected chi connectivity index (χ4v) is 4.64. The first-order valence-electron chi connectivity index (χ1n) is 8.55. The number of hydrogen-bond acceptors (Lipinski definition) is 5. The molecular weight excluding hydrogens is 340 g/mol. The summed E-state index contributed by atoms with van der Waals surface area (Å²) in [6, 6.07) is 1.89. The van der Waals surface area contributed by atoms with Crippen molar-refractivity contribution in [1.82, 2.24) is 29.3 Å². The normalized spacial score (nSPS) is 24.7. The summed E-state index contributed by atoms with van der Waals surface area (Å²) in [7, 11) is -3.27. The highest BCUT2D eigenvalue weighted by molar-refractivity contribution is 7.90. The average Bonchev–Trinajstić information content (AvgIpc) is 3.23. The first-order valence-corrected chi connectivity index (χ1v) is 10.1. The van der Waals surface area contributed by atoms with Crippen LogP contribution >= 0.6 is 0 Å². The highest BCUT2D eigenvalue weighted by Gasteiger charge is 2.37. The Balaban J connectivity index is 1.69. The summed E-state index contributed by atoms with van der Waals surface area (Å²) < 4.78 is 29.2. The average molecular weight is 362 g/mol. The van der Waals surface area contributed by atoms with Gasteiger partial charge in [0.05, 0.1) is 17.0 Å². The van der Waals surface area contributed by atoms with Crippen molar-refractivity contribution in [2.45, 2.75) is 50.8 Å². The molecule has 3 atom stereocenters. The van der Waals surface area contributed by atoms with Crippen LogP contribution in [-0.2, 0) is 10.0 Å². The molecule has 8 nitrogen and oxygen atoms in total. The fourth-order valence-electron chi connectivity index (χ4n) is 3.71. The number of sulfonamides is 1. The molecule has 9 heteroatoms. The van der Waals surface area contributed by atoms with Gasteiger partial charge in [0.15, 0.2) is 11.3 Å². The zero-order valence-corrected chi connectivity index (χ0v) is 15.3. The van der Waals surface area contributed by atoms with Crippen LogP contribution in [-0.4, -0.2) is 44.3 Å². The van der Waals surface area contributed by atoms with Crippen molar-refractivity contribution in [3.63, 3.8) is 0 Å². The minimum absolute atomic E-state index is 0.0664. The number of fused-ring (bicyclic) bond motifs is 3. The molecular formula is C16H22N6O2S. The number of nitrogens with zero attached hydrogens (tertiary/aromatic N) is 4. The molecule has 1 aliphatic rings. The molecule has 1 saturated carbocycles. The first-order chi connectivity index (χ1) is 11.9. The van der Waals surface area contributed by atoms with Crippen molar-refractivity contribution < 1.29 is 8.42 Å². The molecule has 25 heavy (non-hydrogen) atoms. The molecule has 1 aliphatic carbocycles. The predicted octanol–water partition coefficient (Wildman–Crippen LogP) is 1.82. The molecule has 0 radical (unpaired) electrons. The van der Waals surface area contributed by atoms with Gasteiger partial charge in [-0.25, -0.2) is 18.1 Å². The van der Waals surface area contributed by atoms with Crippen LogP contribution in [0.2, 0.25) is 0 Å². The highest BCUT2D eigenvalue weighted by Crippen LogP contribution is 2.39. The molecule has 1 fully saturated rings. The summed E-state index contributed by atoms with van der Waals surface area (Å²) in [5.74, 6) is 1.34. The summed E-state index contributed by atoms with van der Waals surface area (Å²) in [5, 5.41) is 8.23. The van der Waals surface area contributed by atoms with Crippen molar-refractivity contribution in [2.24, 2.45) is 5.92 Å². The predicted molar refractivity (Wildman–Crippen MR) is 94.8 cm³/mol. The topological polar surface area (TPSA) is 105 Å². The molecule has 0 unspecified atom stereocenters. The summed E-state index contributed by atoms with van der Waals surface area (Å²) in [6.07, 6.45) is 5.07. The molecule has 3 aromatic heterocycles. The van der Waals surface area contributed by atoms with Crippen LogP contribution in [0.1, 0.15) is 45.4 Å². The van der Waals surface area contributed by atoms with Crippen LogP contribution in [0.15, 0.2) is 18.5 Å². The quantitative estimate of drug-likeness (QED) is 0.736. The molecule has 3 heterocycles. The molecule has 0 amide bonds. The molecule has 3 aromatic rings. The zero-order chi connectivity index (χ0) is 17.8. The van der Waals surface area contributed by atoms with Crippen LogP contribution < -0.4 is 4.72 Å². The lowest BCUT2D eigenvalue weighted by Crippen LogP contribution is -2.37. The van der Waals surface area contributed by atoms with Crippen molar-refractivity contribution in [2.75, 3.05) is 0 Å². The Morgan fingerprint density at radius 3 is 2.88 bits per heavy atom. The van der Waals surface area contributed by atoms with Gasteiger partial charge in [0.1, 0.15) is 5.82 Å².